The minimum Gasteiger partial charge on any atom is -0.229 e. The van der Waals surface area contributed by atoms with E-state index in [2.05, 4.69) is 18.3 Å². The van der Waals surface area contributed by atoms with E-state index in [1.807, 2.05) is 81.4 Å². The monoisotopic (exact) mass is 407 g/mol. The molecule has 0 aromatic heterocycles. The van der Waals surface area contributed by atoms with Crippen LogP contribution in [0.5, 0.6) is 0 Å². The van der Waals surface area contributed by atoms with Crippen LogP contribution in [-0.4, -0.2) is 11.5 Å². The number of nitroso groups, excluding NO2 is 1. The van der Waals surface area contributed by atoms with Gasteiger partial charge in [0.25, 0.3) is 0 Å². The molecule has 0 spiro atoms. The molecule has 0 fully saturated rings. The zero-order chi connectivity index (χ0) is 22.4. The van der Waals surface area contributed by atoms with Crippen molar-refractivity contribution in [3.63, 3.8) is 0 Å². The van der Waals surface area contributed by atoms with Crippen molar-refractivity contribution in [2.24, 2.45) is 15.2 Å². The van der Waals surface area contributed by atoms with Crippen LogP contribution in [0.15, 0.2) is 101 Å². The maximum atomic E-state index is 11.4. The van der Waals surface area contributed by atoms with Crippen LogP contribution in [0.2, 0.25) is 0 Å². The van der Waals surface area contributed by atoms with Crippen molar-refractivity contribution in [2.75, 3.05) is 0 Å². The molecule has 31 heavy (non-hydrogen) atoms. The molecule has 0 aliphatic rings. The number of aliphatic imine (C=N–C) groups is 2. The summed E-state index contributed by atoms with van der Waals surface area (Å²) in [7, 11) is 0. The van der Waals surface area contributed by atoms with Crippen molar-refractivity contribution in [1.82, 2.24) is 0 Å². The Kier molecular flexibility index (Phi) is 6.83. The highest BCUT2D eigenvalue weighted by atomic mass is 16.3. The van der Waals surface area contributed by atoms with E-state index in [9.17, 15) is 4.91 Å². The molecule has 0 amide bonds. The first-order valence-electron chi connectivity index (χ1n) is 9.98. The highest BCUT2D eigenvalue weighted by Gasteiger charge is 2.11. The van der Waals surface area contributed by atoms with Crippen LogP contribution in [0.25, 0.3) is 5.70 Å². The SMILES string of the molecule is C=C/C(=N\C(=N/C(=C)c1ccc(C)cc1)c1ccc(C)cc1)c1ccc(C)cc1N=O. The summed E-state index contributed by atoms with van der Waals surface area (Å²) in [5.74, 6) is 0.484. The van der Waals surface area contributed by atoms with Gasteiger partial charge in [-0.05, 0) is 49.2 Å². The zero-order valence-corrected chi connectivity index (χ0v) is 18.1. The van der Waals surface area contributed by atoms with E-state index in [4.69, 9.17) is 9.98 Å². The molecule has 3 aromatic carbocycles. The maximum absolute atomic E-state index is 11.4. The predicted octanol–water partition coefficient (Wildman–Crippen LogP) is 7.10. The Hall–Kier alpha value is -3.92. The number of hydrogen-bond acceptors (Lipinski definition) is 3. The number of aryl methyl sites for hydroxylation is 3. The molecule has 0 saturated carbocycles. The van der Waals surface area contributed by atoms with E-state index in [0.717, 1.165) is 22.3 Å². The second kappa shape index (κ2) is 9.72. The van der Waals surface area contributed by atoms with Crippen LogP contribution in [-0.2, 0) is 0 Å². The molecule has 0 heterocycles. The largest absolute Gasteiger partial charge is 0.229 e. The molecule has 0 aliphatic heterocycles. The second-order valence-corrected chi connectivity index (χ2v) is 7.43. The van der Waals surface area contributed by atoms with Gasteiger partial charge in [-0.3, -0.25) is 0 Å². The molecule has 3 aromatic rings. The Balaban J connectivity index is 2.14. The first-order chi connectivity index (χ1) is 14.9. The van der Waals surface area contributed by atoms with Crippen molar-refractivity contribution in [1.29, 1.82) is 0 Å². The summed E-state index contributed by atoms with van der Waals surface area (Å²) in [5, 5.41) is 3.17. The van der Waals surface area contributed by atoms with Gasteiger partial charge in [-0.2, -0.15) is 0 Å². The van der Waals surface area contributed by atoms with Crippen LogP contribution in [0.1, 0.15) is 33.4 Å². The van der Waals surface area contributed by atoms with Crippen molar-refractivity contribution in [3.8, 4) is 0 Å². The van der Waals surface area contributed by atoms with E-state index in [0.29, 0.717) is 28.5 Å². The molecule has 3 rings (SSSR count). The van der Waals surface area contributed by atoms with Gasteiger partial charge >= 0.3 is 0 Å². The Morgan fingerprint density at radius 3 is 1.87 bits per heavy atom. The summed E-state index contributed by atoms with van der Waals surface area (Å²) < 4.78 is 0. The number of benzene rings is 3. The molecule has 0 aliphatic carbocycles. The average molecular weight is 408 g/mol. The summed E-state index contributed by atoms with van der Waals surface area (Å²) in [4.78, 5) is 20.9. The molecular formula is C27H25N3O. The van der Waals surface area contributed by atoms with Gasteiger partial charge in [-0.15, -0.1) is 4.91 Å². The zero-order valence-electron chi connectivity index (χ0n) is 18.1. The second-order valence-electron chi connectivity index (χ2n) is 7.43. The fraction of sp³-hybridized carbons (Fsp3) is 0.111. The van der Waals surface area contributed by atoms with Crippen LogP contribution < -0.4 is 0 Å². The van der Waals surface area contributed by atoms with Gasteiger partial charge < -0.3 is 0 Å². The van der Waals surface area contributed by atoms with Gasteiger partial charge in [-0.1, -0.05) is 84.9 Å². The molecule has 0 unspecified atom stereocenters. The molecule has 0 radical (unpaired) electrons. The van der Waals surface area contributed by atoms with E-state index in [1.54, 1.807) is 12.1 Å². The number of allylic oxidation sites excluding steroid dienone is 1. The Labute approximate surface area is 183 Å². The normalized spacial score (nSPS) is 11.8. The van der Waals surface area contributed by atoms with Gasteiger partial charge in [0.05, 0.1) is 11.4 Å². The standard InChI is InChI=1S/C27H25N3O/c1-6-25(24-16-11-20(4)17-26(24)30-31)29-27(23-14-9-19(3)10-15-23)28-21(5)22-12-7-18(2)8-13-22/h6-17H,1,5H2,2-4H3/b28-27-,29-25+. The Morgan fingerprint density at radius 1 is 0.774 bits per heavy atom. The lowest BCUT2D eigenvalue weighted by atomic mass is 10.0. The van der Waals surface area contributed by atoms with Gasteiger partial charge in [0.15, 0.2) is 5.84 Å². The van der Waals surface area contributed by atoms with E-state index < -0.39 is 0 Å². The highest BCUT2D eigenvalue weighted by Crippen LogP contribution is 2.23. The third-order valence-electron chi connectivity index (χ3n) is 4.88. The van der Waals surface area contributed by atoms with Crippen LogP contribution in [0.4, 0.5) is 5.69 Å². The van der Waals surface area contributed by atoms with E-state index in [1.165, 1.54) is 5.56 Å². The maximum Gasteiger partial charge on any atom is 0.160 e. The Morgan fingerprint density at radius 2 is 1.32 bits per heavy atom. The summed E-state index contributed by atoms with van der Waals surface area (Å²) >= 11 is 0. The lowest BCUT2D eigenvalue weighted by Crippen LogP contribution is -2.05. The van der Waals surface area contributed by atoms with E-state index >= 15 is 0 Å². The van der Waals surface area contributed by atoms with E-state index in [-0.39, 0.29) is 0 Å². The quantitative estimate of drug-likeness (QED) is 0.244. The number of hydrogen-bond donors (Lipinski definition) is 0. The number of rotatable bonds is 6. The van der Waals surface area contributed by atoms with Crippen molar-refractivity contribution < 1.29 is 0 Å². The van der Waals surface area contributed by atoms with Gasteiger partial charge in [-0.25, -0.2) is 9.98 Å². The number of nitrogens with zero attached hydrogens (tertiary/aromatic N) is 3. The fourth-order valence-corrected chi connectivity index (χ4v) is 3.06. The fourth-order valence-electron chi connectivity index (χ4n) is 3.06. The summed E-state index contributed by atoms with van der Waals surface area (Å²) in [6, 6.07) is 21.4. The molecular weight excluding hydrogens is 382 g/mol. The smallest absolute Gasteiger partial charge is 0.160 e. The first-order valence-corrected chi connectivity index (χ1v) is 9.98. The minimum atomic E-state index is 0.319. The lowest BCUT2D eigenvalue weighted by Gasteiger charge is -2.09. The third-order valence-corrected chi connectivity index (χ3v) is 4.88. The molecule has 0 saturated heterocycles. The van der Waals surface area contributed by atoms with Crippen molar-refractivity contribution in [2.45, 2.75) is 20.8 Å². The van der Waals surface area contributed by atoms with Crippen molar-refractivity contribution in [3.05, 3.63) is 124 Å². The summed E-state index contributed by atoms with van der Waals surface area (Å²) in [5.41, 5.74) is 7.05. The van der Waals surface area contributed by atoms with Crippen LogP contribution in [0.3, 0.4) is 0 Å². The van der Waals surface area contributed by atoms with Crippen LogP contribution >= 0.6 is 0 Å². The van der Waals surface area contributed by atoms with Crippen LogP contribution in [0, 0.1) is 25.7 Å². The molecule has 154 valence electrons. The molecule has 0 N–H and O–H groups in total. The van der Waals surface area contributed by atoms with Gasteiger partial charge in [0, 0.05) is 11.1 Å². The third kappa shape index (κ3) is 5.37. The van der Waals surface area contributed by atoms with Gasteiger partial charge in [0.2, 0.25) is 0 Å². The predicted molar refractivity (Wildman–Crippen MR) is 131 cm³/mol. The van der Waals surface area contributed by atoms with Crippen molar-refractivity contribution >= 4 is 22.9 Å². The summed E-state index contributed by atoms with van der Waals surface area (Å²) in [6.07, 6.45) is 1.61. The lowest BCUT2D eigenvalue weighted by molar-refractivity contribution is 1.39. The Bertz CT molecular complexity index is 1180. The topological polar surface area (TPSA) is 54.1 Å². The minimum absolute atomic E-state index is 0.319. The molecule has 4 nitrogen and oxygen atoms in total. The highest BCUT2D eigenvalue weighted by molar-refractivity contribution is 6.19. The average Bonchev–Trinajstić information content (AvgIpc) is 2.77. The van der Waals surface area contributed by atoms with Gasteiger partial charge in [0.1, 0.15) is 5.69 Å². The molecule has 0 atom stereocenters. The first kappa shape index (κ1) is 21.8. The number of amidine groups is 1. The molecule has 0 bridgehead atoms. The molecule has 4 heteroatoms. The summed E-state index contributed by atoms with van der Waals surface area (Å²) in [6.45, 7) is 14.0.